The van der Waals surface area contributed by atoms with E-state index in [1.54, 1.807) is 43.7 Å². The van der Waals surface area contributed by atoms with Crippen LogP contribution in [0.15, 0.2) is 86.5 Å². The normalized spacial score (nSPS) is 16.3. The van der Waals surface area contributed by atoms with Gasteiger partial charge in [0, 0.05) is 17.7 Å². The fraction of sp³-hybridized carbons (Fsp3) is 0.0870. The molecule has 0 atom stereocenters. The molecule has 0 saturated carbocycles. The highest BCUT2D eigenvalue weighted by Gasteiger charge is 2.34. The third-order valence-electron chi connectivity index (χ3n) is 4.66. The smallest absolute Gasteiger partial charge is 0.269 e. The highest BCUT2D eigenvalue weighted by atomic mass is 32.2. The first-order valence-corrected chi connectivity index (χ1v) is 10.6. The molecular weight excluding hydrogens is 444 g/mol. The summed E-state index contributed by atoms with van der Waals surface area (Å²) in [4.78, 5) is 25.4. The van der Waals surface area contributed by atoms with E-state index < -0.39 is 4.92 Å². The predicted molar refractivity (Wildman–Crippen MR) is 126 cm³/mol. The number of para-hydroxylation sites is 1. The van der Waals surface area contributed by atoms with Gasteiger partial charge in [0.05, 0.1) is 36.0 Å². The lowest BCUT2D eigenvalue weighted by Crippen LogP contribution is -2.28. The number of thioether (sulfide) groups is 1. The van der Waals surface area contributed by atoms with Crippen LogP contribution in [0.3, 0.4) is 0 Å². The van der Waals surface area contributed by atoms with E-state index in [-0.39, 0.29) is 18.1 Å². The zero-order valence-corrected chi connectivity index (χ0v) is 18.3. The molecule has 2 aromatic carbocycles. The molecule has 4 rings (SSSR count). The largest absolute Gasteiger partial charge is 0.496 e. The van der Waals surface area contributed by atoms with Crippen molar-refractivity contribution < 1.29 is 18.9 Å². The zero-order valence-electron chi connectivity index (χ0n) is 17.5. The van der Waals surface area contributed by atoms with Gasteiger partial charge in [-0.05, 0) is 59.8 Å². The number of benzene rings is 2. The number of hydrogen-bond acceptors (Lipinski definition) is 8. The summed E-state index contributed by atoms with van der Waals surface area (Å²) in [6, 6.07) is 16.8. The minimum Gasteiger partial charge on any atom is -0.496 e. The van der Waals surface area contributed by atoms with Gasteiger partial charge in [0.25, 0.3) is 11.6 Å². The Labute approximate surface area is 193 Å². The molecule has 3 aromatic rings. The van der Waals surface area contributed by atoms with Crippen molar-refractivity contribution in [3.05, 3.63) is 98.8 Å². The lowest BCUT2D eigenvalue weighted by atomic mass is 10.2. The fourth-order valence-corrected chi connectivity index (χ4v) is 3.97. The summed E-state index contributed by atoms with van der Waals surface area (Å²) in [5.41, 5.74) is 1.39. The van der Waals surface area contributed by atoms with E-state index in [2.05, 4.69) is 10.2 Å². The van der Waals surface area contributed by atoms with Crippen LogP contribution >= 0.6 is 11.8 Å². The van der Waals surface area contributed by atoms with E-state index >= 15 is 0 Å². The lowest BCUT2D eigenvalue weighted by Gasteiger charge is -2.12. The number of amidine groups is 1. The van der Waals surface area contributed by atoms with Gasteiger partial charge in [-0.2, -0.15) is 5.10 Å². The van der Waals surface area contributed by atoms with E-state index in [1.165, 1.54) is 35.1 Å². The zero-order chi connectivity index (χ0) is 23.2. The molecule has 1 amide bonds. The molecule has 1 aliphatic heterocycles. The first-order chi connectivity index (χ1) is 16.0. The summed E-state index contributed by atoms with van der Waals surface area (Å²) in [5, 5.41) is 19.7. The van der Waals surface area contributed by atoms with Gasteiger partial charge in [-0.25, -0.2) is 0 Å². The number of furan rings is 1. The standard InChI is InChI=1S/C23H18N4O5S/c1-31-20-7-3-2-5-17(20)14-24-25-23-26(15-19-6-4-12-32-19)22(28)21(33-23)13-16-8-10-18(11-9-16)27(29)30/h2-14H,15H2,1H3/b21-13-,24-14-,25-23+. The molecular formula is C23H18N4O5S. The Hall–Kier alpha value is -4.18. The van der Waals surface area contributed by atoms with Crippen LogP contribution in [0, 0.1) is 10.1 Å². The molecule has 0 aliphatic carbocycles. The SMILES string of the molecule is COc1ccccc1/C=N\N=C1\S/C(=C\c2ccc([N+](=O)[O-])cc2)C(=O)N1Cc1ccco1. The number of amides is 1. The van der Waals surface area contributed by atoms with Crippen molar-refractivity contribution in [1.29, 1.82) is 0 Å². The maximum absolute atomic E-state index is 13.1. The first kappa shape index (κ1) is 22.0. The van der Waals surface area contributed by atoms with Crippen molar-refractivity contribution in [1.82, 2.24) is 4.90 Å². The monoisotopic (exact) mass is 462 g/mol. The van der Waals surface area contributed by atoms with Gasteiger partial charge >= 0.3 is 0 Å². The van der Waals surface area contributed by atoms with Crippen LogP contribution in [0.5, 0.6) is 5.75 Å². The number of carbonyl (C=O) groups is 1. The second-order valence-electron chi connectivity index (χ2n) is 6.80. The molecule has 0 N–H and O–H groups in total. The summed E-state index contributed by atoms with van der Waals surface area (Å²) in [6.45, 7) is 0.194. The van der Waals surface area contributed by atoms with Crippen molar-refractivity contribution in [2.45, 2.75) is 6.54 Å². The summed E-state index contributed by atoms with van der Waals surface area (Å²) < 4.78 is 10.7. The van der Waals surface area contributed by atoms with E-state index in [0.717, 1.165) is 5.56 Å². The topological polar surface area (TPSA) is 111 Å². The van der Waals surface area contributed by atoms with Gasteiger partial charge in [0.2, 0.25) is 0 Å². The number of rotatable bonds is 7. The van der Waals surface area contributed by atoms with Crippen molar-refractivity contribution in [3.63, 3.8) is 0 Å². The van der Waals surface area contributed by atoms with Crippen LogP contribution in [0.25, 0.3) is 6.08 Å². The van der Waals surface area contributed by atoms with Crippen LogP contribution in [0.1, 0.15) is 16.9 Å². The van der Waals surface area contributed by atoms with E-state index in [9.17, 15) is 14.9 Å². The average molecular weight is 462 g/mol. The lowest BCUT2D eigenvalue weighted by molar-refractivity contribution is -0.384. The number of nitro benzene ring substituents is 1. The minimum atomic E-state index is -0.470. The third kappa shape index (κ3) is 5.18. The number of methoxy groups -OCH3 is 1. The van der Waals surface area contributed by atoms with Crippen molar-refractivity contribution in [3.8, 4) is 5.75 Å². The number of non-ortho nitro benzene ring substituents is 1. The average Bonchev–Trinajstić information content (AvgIpc) is 3.44. The Kier molecular flexibility index (Phi) is 6.65. The molecule has 0 spiro atoms. The molecule has 33 heavy (non-hydrogen) atoms. The van der Waals surface area contributed by atoms with Crippen molar-refractivity contribution in [2.75, 3.05) is 7.11 Å². The Morgan fingerprint density at radius 1 is 1.15 bits per heavy atom. The molecule has 10 heteroatoms. The van der Waals surface area contributed by atoms with Crippen molar-refractivity contribution >= 4 is 40.8 Å². The number of ether oxygens (including phenoxy) is 1. The number of nitro groups is 1. The molecule has 9 nitrogen and oxygen atoms in total. The fourth-order valence-electron chi connectivity index (χ4n) is 3.04. The molecule has 166 valence electrons. The van der Waals surface area contributed by atoms with Crippen LogP contribution in [-0.2, 0) is 11.3 Å². The Morgan fingerprint density at radius 2 is 1.94 bits per heavy atom. The van der Waals surface area contributed by atoms with Crippen molar-refractivity contribution in [2.24, 2.45) is 10.2 Å². The second-order valence-corrected chi connectivity index (χ2v) is 7.81. The maximum Gasteiger partial charge on any atom is 0.269 e. The third-order valence-corrected chi connectivity index (χ3v) is 5.66. The van der Waals surface area contributed by atoms with Crippen LogP contribution in [-0.4, -0.2) is 34.2 Å². The molecule has 2 heterocycles. The van der Waals surface area contributed by atoms with E-state index in [4.69, 9.17) is 9.15 Å². The van der Waals surface area contributed by atoms with Gasteiger partial charge in [0.1, 0.15) is 11.5 Å². The Morgan fingerprint density at radius 3 is 2.64 bits per heavy atom. The quantitative estimate of drug-likeness (QED) is 0.218. The predicted octanol–water partition coefficient (Wildman–Crippen LogP) is 4.70. The van der Waals surface area contributed by atoms with Crippen LogP contribution in [0.4, 0.5) is 5.69 Å². The number of nitrogens with zero attached hydrogens (tertiary/aromatic N) is 4. The maximum atomic E-state index is 13.1. The highest BCUT2D eigenvalue weighted by Crippen LogP contribution is 2.34. The molecule has 0 radical (unpaired) electrons. The summed E-state index contributed by atoms with van der Waals surface area (Å²) >= 11 is 1.17. The Balaban J connectivity index is 1.62. The van der Waals surface area contributed by atoms with Gasteiger partial charge in [0.15, 0.2) is 5.17 Å². The molecule has 0 bridgehead atoms. The molecule has 0 unspecified atom stereocenters. The molecule has 1 saturated heterocycles. The second kappa shape index (κ2) is 9.96. The molecule has 1 fully saturated rings. The first-order valence-electron chi connectivity index (χ1n) is 9.77. The molecule has 1 aromatic heterocycles. The number of carbonyl (C=O) groups excluding carboxylic acids is 1. The minimum absolute atomic E-state index is 0.0186. The summed E-state index contributed by atoms with van der Waals surface area (Å²) in [7, 11) is 1.57. The molecule has 1 aliphatic rings. The Bertz CT molecular complexity index is 1250. The van der Waals surface area contributed by atoms with Gasteiger partial charge < -0.3 is 9.15 Å². The number of hydrogen-bond donors (Lipinski definition) is 0. The van der Waals surface area contributed by atoms with Gasteiger partial charge in [-0.1, -0.05) is 12.1 Å². The van der Waals surface area contributed by atoms with Gasteiger partial charge in [-0.15, -0.1) is 5.10 Å². The van der Waals surface area contributed by atoms with Crippen LogP contribution < -0.4 is 4.74 Å². The highest BCUT2D eigenvalue weighted by molar-refractivity contribution is 8.18. The van der Waals surface area contributed by atoms with E-state index in [1.807, 2.05) is 24.3 Å². The van der Waals surface area contributed by atoms with E-state index in [0.29, 0.717) is 27.1 Å². The van der Waals surface area contributed by atoms with Gasteiger partial charge in [-0.3, -0.25) is 19.8 Å². The summed E-state index contributed by atoms with van der Waals surface area (Å²) in [5.74, 6) is 0.991. The summed E-state index contributed by atoms with van der Waals surface area (Å²) in [6.07, 6.45) is 4.76. The van der Waals surface area contributed by atoms with Crippen LogP contribution in [0.2, 0.25) is 0 Å².